The van der Waals surface area contributed by atoms with Gasteiger partial charge in [0, 0.05) is 16.4 Å². The average molecular weight is 331 g/mol. The molecular weight excluding hydrogens is 314 g/mol. The molecule has 0 spiro atoms. The lowest BCUT2D eigenvalue weighted by Gasteiger charge is -2.14. The topological polar surface area (TPSA) is 29.1 Å². The highest BCUT2D eigenvalue weighted by molar-refractivity contribution is 9.09. The normalized spacial score (nSPS) is 23.0. The molecule has 1 amide bonds. The number of amides is 1. The fourth-order valence-electron chi connectivity index (χ4n) is 2.36. The van der Waals surface area contributed by atoms with Crippen LogP contribution in [0.3, 0.4) is 0 Å². The number of hydrogen-bond donors (Lipinski definition) is 1. The van der Waals surface area contributed by atoms with Gasteiger partial charge in [-0.05, 0) is 36.5 Å². The van der Waals surface area contributed by atoms with Gasteiger partial charge in [0.2, 0.25) is 5.91 Å². The maximum Gasteiger partial charge on any atom is 0.224 e. The Kier molecular flexibility index (Phi) is 5.07. The quantitative estimate of drug-likeness (QED) is 0.840. The van der Waals surface area contributed by atoms with Gasteiger partial charge in [-0.25, -0.2) is 0 Å². The summed E-state index contributed by atoms with van der Waals surface area (Å²) in [7, 11) is 0. The van der Waals surface area contributed by atoms with Crippen LogP contribution in [0.4, 0.5) is 0 Å². The average Bonchev–Trinajstić information content (AvgIpc) is 2.72. The van der Waals surface area contributed by atoms with Crippen molar-refractivity contribution in [1.29, 1.82) is 0 Å². The summed E-state index contributed by atoms with van der Waals surface area (Å²) in [5, 5.41) is 3.69. The summed E-state index contributed by atoms with van der Waals surface area (Å²) in [5.41, 5.74) is 0.960. The summed E-state index contributed by atoms with van der Waals surface area (Å²) in [6, 6.07) is 7.45. The molecule has 0 aliphatic heterocycles. The zero-order valence-corrected chi connectivity index (χ0v) is 12.5. The van der Waals surface area contributed by atoms with Gasteiger partial charge >= 0.3 is 0 Å². The summed E-state index contributed by atoms with van der Waals surface area (Å²) >= 11 is 9.55. The van der Waals surface area contributed by atoms with Gasteiger partial charge in [-0.1, -0.05) is 46.1 Å². The maximum absolute atomic E-state index is 11.8. The smallest absolute Gasteiger partial charge is 0.224 e. The summed E-state index contributed by atoms with van der Waals surface area (Å²) in [5.74, 6) is 0.650. The first-order valence-electron chi connectivity index (χ1n) is 6.30. The van der Waals surface area contributed by atoms with Crippen LogP contribution in [0.15, 0.2) is 24.3 Å². The van der Waals surface area contributed by atoms with E-state index in [-0.39, 0.29) is 5.91 Å². The number of hydrogen-bond acceptors (Lipinski definition) is 1. The van der Waals surface area contributed by atoms with Gasteiger partial charge in [0.1, 0.15) is 0 Å². The molecule has 4 heteroatoms. The van der Waals surface area contributed by atoms with E-state index in [1.165, 1.54) is 19.3 Å². The van der Waals surface area contributed by atoms with Gasteiger partial charge in [-0.15, -0.1) is 0 Å². The number of benzene rings is 1. The second-order valence-corrected chi connectivity index (χ2v) is 6.43. The lowest BCUT2D eigenvalue weighted by Crippen LogP contribution is -2.32. The van der Waals surface area contributed by atoms with Gasteiger partial charge in [-0.2, -0.15) is 0 Å². The van der Waals surface area contributed by atoms with Crippen LogP contribution >= 0.6 is 27.5 Å². The van der Waals surface area contributed by atoms with Crippen molar-refractivity contribution in [3.63, 3.8) is 0 Å². The third kappa shape index (κ3) is 3.99. The van der Waals surface area contributed by atoms with E-state index in [0.29, 0.717) is 22.2 Å². The van der Waals surface area contributed by atoms with E-state index in [0.717, 1.165) is 12.1 Å². The molecule has 2 nitrogen and oxygen atoms in total. The largest absolute Gasteiger partial charge is 0.355 e. The molecule has 0 aromatic heterocycles. The number of alkyl halides is 1. The molecule has 98 valence electrons. The lowest BCUT2D eigenvalue weighted by atomic mass is 10.1. The maximum atomic E-state index is 11.8. The Morgan fingerprint density at radius 2 is 2.28 bits per heavy atom. The second-order valence-electron chi connectivity index (χ2n) is 4.82. The minimum Gasteiger partial charge on any atom is -0.355 e. The van der Waals surface area contributed by atoms with Crippen LogP contribution in [0.2, 0.25) is 5.02 Å². The number of carbonyl (C=O) groups excluding carboxylic acids is 1. The summed E-state index contributed by atoms with van der Waals surface area (Å²) < 4.78 is 0. The van der Waals surface area contributed by atoms with Crippen molar-refractivity contribution in [2.45, 2.75) is 30.5 Å². The molecule has 2 rings (SSSR count). The molecule has 0 bridgehead atoms. The molecule has 1 aromatic rings. The Bertz CT molecular complexity index is 424. The van der Waals surface area contributed by atoms with Crippen LogP contribution < -0.4 is 5.32 Å². The van der Waals surface area contributed by atoms with E-state index in [9.17, 15) is 4.79 Å². The molecule has 0 radical (unpaired) electrons. The Balaban J connectivity index is 1.78. The van der Waals surface area contributed by atoms with Gasteiger partial charge in [0.25, 0.3) is 0 Å². The van der Waals surface area contributed by atoms with E-state index < -0.39 is 0 Å². The summed E-state index contributed by atoms with van der Waals surface area (Å²) in [4.78, 5) is 12.4. The van der Waals surface area contributed by atoms with Crippen molar-refractivity contribution in [2.75, 3.05) is 6.54 Å². The molecule has 1 N–H and O–H groups in total. The van der Waals surface area contributed by atoms with Crippen molar-refractivity contribution in [3.8, 4) is 0 Å². The molecule has 2 atom stereocenters. The molecule has 1 aliphatic carbocycles. The molecule has 2 unspecified atom stereocenters. The zero-order chi connectivity index (χ0) is 13.0. The van der Waals surface area contributed by atoms with Gasteiger partial charge in [0.15, 0.2) is 0 Å². The van der Waals surface area contributed by atoms with Crippen LogP contribution in [0, 0.1) is 5.92 Å². The van der Waals surface area contributed by atoms with Crippen molar-refractivity contribution < 1.29 is 4.79 Å². The molecule has 0 saturated heterocycles. The molecule has 1 saturated carbocycles. The summed E-state index contributed by atoms with van der Waals surface area (Å²) in [6.45, 7) is 0.773. The van der Waals surface area contributed by atoms with Gasteiger partial charge < -0.3 is 5.32 Å². The van der Waals surface area contributed by atoms with Gasteiger partial charge in [-0.3, -0.25) is 4.79 Å². The third-order valence-corrected chi connectivity index (χ3v) is 4.82. The number of halogens is 2. The minimum absolute atomic E-state index is 0.0730. The molecule has 18 heavy (non-hydrogen) atoms. The Hall–Kier alpha value is -0.540. The SMILES string of the molecule is O=C(Cc1cccc(Cl)c1)NCC1CCCC1Br. The first-order chi connectivity index (χ1) is 8.65. The minimum atomic E-state index is 0.0730. The van der Waals surface area contributed by atoms with Crippen molar-refractivity contribution in [1.82, 2.24) is 5.32 Å². The number of rotatable bonds is 4. The predicted molar refractivity (Wildman–Crippen MR) is 78.2 cm³/mol. The van der Waals surface area contributed by atoms with Crippen molar-refractivity contribution in [3.05, 3.63) is 34.9 Å². The lowest BCUT2D eigenvalue weighted by molar-refractivity contribution is -0.120. The zero-order valence-electron chi connectivity index (χ0n) is 10.2. The fraction of sp³-hybridized carbons (Fsp3) is 0.500. The fourth-order valence-corrected chi connectivity index (χ4v) is 3.35. The Morgan fingerprint density at radius 1 is 1.44 bits per heavy atom. The van der Waals surface area contributed by atoms with Crippen LogP contribution in [0.5, 0.6) is 0 Å². The van der Waals surface area contributed by atoms with Crippen molar-refractivity contribution >= 4 is 33.4 Å². The molecule has 0 heterocycles. The van der Waals surface area contributed by atoms with Crippen LogP contribution in [0.1, 0.15) is 24.8 Å². The molecule has 1 fully saturated rings. The Labute approximate surface area is 121 Å². The molecule has 1 aliphatic rings. The monoisotopic (exact) mass is 329 g/mol. The molecular formula is C14H17BrClNO. The molecule has 1 aromatic carbocycles. The third-order valence-electron chi connectivity index (χ3n) is 3.38. The van der Waals surface area contributed by atoms with Crippen LogP contribution in [0.25, 0.3) is 0 Å². The highest BCUT2D eigenvalue weighted by Crippen LogP contribution is 2.30. The van der Waals surface area contributed by atoms with Gasteiger partial charge in [0.05, 0.1) is 6.42 Å². The van der Waals surface area contributed by atoms with E-state index in [2.05, 4.69) is 21.2 Å². The number of nitrogens with one attached hydrogen (secondary N) is 1. The van der Waals surface area contributed by atoms with Crippen LogP contribution in [-0.4, -0.2) is 17.3 Å². The Morgan fingerprint density at radius 3 is 2.94 bits per heavy atom. The number of carbonyl (C=O) groups is 1. The first kappa shape index (κ1) is 13.9. The highest BCUT2D eigenvalue weighted by atomic mass is 79.9. The standard InChI is InChI=1S/C14H17BrClNO/c15-13-6-2-4-11(13)9-17-14(18)8-10-3-1-5-12(16)7-10/h1,3,5,7,11,13H,2,4,6,8-9H2,(H,17,18). The van der Waals surface area contributed by atoms with E-state index >= 15 is 0 Å². The second kappa shape index (κ2) is 6.58. The summed E-state index contributed by atoms with van der Waals surface area (Å²) in [6.07, 6.45) is 4.08. The van der Waals surface area contributed by atoms with E-state index in [1.54, 1.807) is 0 Å². The van der Waals surface area contributed by atoms with Crippen LogP contribution in [-0.2, 0) is 11.2 Å². The van der Waals surface area contributed by atoms with Crippen molar-refractivity contribution in [2.24, 2.45) is 5.92 Å². The van der Waals surface area contributed by atoms with E-state index in [4.69, 9.17) is 11.6 Å². The highest BCUT2D eigenvalue weighted by Gasteiger charge is 2.24. The predicted octanol–water partition coefficient (Wildman–Crippen LogP) is 3.56. The first-order valence-corrected chi connectivity index (χ1v) is 7.60. The van der Waals surface area contributed by atoms with E-state index in [1.807, 2.05) is 24.3 Å².